The zero-order chi connectivity index (χ0) is 13.7. The summed E-state index contributed by atoms with van der Waals surface area (Å²) in [6.07, 6.45) is 1.49. The van der Waals surface area contributed by atoms with Crippen molar-refractivity contribution in [2.24, 2.45) is 0 Å². The van der Waals surface area contributed by atoms with Crippen molar-refractivity contribution in [1.82, 2.24) is 4.98 Å². The lowest BCUT2D eigenvalue weighted by atomic mass is 10.2. The zero-order valence-corrected chi connectivity index (χ0v) is 11.1. The molecule has 0 aliphatic rings. The minimum atomic E-state index is -0.467. The zero-order valence-electron chi connectivity index (χ0n) is 10.4. The molecule has 1 aromatic heterocycles. The van der Waals surface area contributed by atoms with Gasteiger partial charge in [-0.05, 0) is 11.6 Å². The number of halogens is 1. The van der Waals surface area contributed by atoms with E-state index in [2.05, 4.69) is 10.3 Å². The maximum Gasteiger partial charge on any atom is 0.341 e. The number of rotatable bonds is 4. The summed E-state index contributed by atoms with van der Waals surface area (Å²) < 4.78 is 4.71. The fraction of sp³-hybridized carbons (Fsp3) is 0.143. The van der Waals surface area contributed by atoms with Gasteiger partial charge in [-0.2, -0.15) is 0 Å². The molecule has 0 aliphatic carbocycles. The number of nitrogens with one attached hydrogen (secondary N) is 1. The van der Waals surface area contributed by atoms with E-state index in [1.54, 1.807) is 0 Å². The van der Waals surface area contributed by atoms with Crippen LogP contribution in [0.4, 0.5) is 5.82 Å². The van der Waals surface area contributed by atoms with Gasteiger partial charge in [0.2, 0.25) is 0 Å². The summed E-state index contributed by atoms with van der Waals surface area (Å²) in [5.74, 6) is -0.00864. The first-order chi connectivity index (χ1) is 9.20. The monoisotopic (exact) mass is 276 g/mol. The summed E-state index contributed by atoms with van der Waals surface area (Å²) in [6.45, 7) is 0.569. The molecule has 1 heterocycles. The number of ether oxygens (including phenoxy) is 1. The highest BCUT2D eigenvalue weighted by Gasteiger charge is 2.13. The Balaban J connectivity index is 2.18. The summed E-state index contributed by atoms with van der Waals surface area (Å²) >= 11 is 5.84. The van der Waals surface area contributed by atoms with E-state index in [0.29, 0.717) is 22.9 Å². The highest BCUT2D eigenvalue weighted by atomic mass is 35.5. The molecule has 1 aromatic carbocycles. The number of esters is 1. The van der Waals surface area contributed by atoms with Crippen molar-refractivity contribution in [3.05, 3.63) is 58.7 Å². The molecule has 0 unspecified atom stereocenters. The van der Waals surface area contributed by atoms with Crippen LogP contribution in [0.25, 0.3) is 0 Å². The Morgan fingerprint density at radius 2 is 2.11 bits per heavy atom. The predicted molar refractivity (Wildman–Crippen MR) is 74.4 cm³/mol. The second-order valence-electron chi connectivity index (χ2n) is 3.88. The number of benzene rings is 1. The van der Waals surface area contributed by atoms with E-state index in [1.165, 1.54) is 19.4 Å². The molecule has 0 atom stereocenters. The Hall–Kier alpha value is -2.07. The highest BCUT2D eigenvalue weighted by Crippen LogP contribution is 2.19. The summed E-state index contributed by atoms with van der Waals surface area (Å²) in [5, 5.41) is 3.50. The molecular weight excluding hydrogens is 264 g/mol. The number of aromatic nitrogens is 1. The molecular formula is C14H13ClN2O2. The first-order valence-corrected chi connectivity index (χ1v) is 6.10. The van der Waals surface area contributed by atoms with Gasteiger partial charge < -0.3 is 10.1 Å². The SMILES string of the molecule is COC(=O)c1cc(Cl)cnc1NCc1ccccc1. The molecule has 98 valence electrons. The fourth-order valence-corrected chi connectivity index (χ4v) is 1.79. The van der Waals surface area contributed by atoms with Gasteiger partial charge in [-0.25, -0.2) is 9.78 Å². The number of carbonyl (C=O) groups excluding carboxylic acids is 1. The van der Waals surface area contributed by atoms with Crippen molar-refractivity contribution in [2.75, 3.05) is 12.4 Å². The molecule has 0 aliphatic heterocycles. The topological polar surface area (TPSA) is 51.2 Å². The molecule has 0 fully saturated rings. The van der Waals surface area contributed by atoms with Gasteiger partial charge in [-0.1, -0.05) is 41.9 Å². The predicted octanol–water partition coefficient (Wildman–Crippen LogP) is 3.13. The Kier molecular flexibility index (Phi) is 4.36. The highest BCUT2D eigenvalue weighted by molar-refractivity contribution is 6.30. The quantitative estimate of drug-likeness (QED) is 0.872. The van der Waals surface area contributed by atoms with Crippen LogP contribution < -0.4 is 5.32 Å². The van der Waals surface area contributed by atoms with E-state index in [1.807, 2.05) is 30.3 Å². The van der Waals surface area contributed by atoms with Crippen molar-refractivity contribution in [1.29, 1.82) is 0 Å². The molecule has 0 amide bonds. The minimum absolute atomic E-state index is 0.325. The molecule has 2 rings (SSSR count). The molecule has 2 aromatic rings. The van der Waals surface area contributed by atoms with Gasteiger partial charge in [0.05, 0.1) is 12.1 Å². The van der Waals surface area contributed by atoms with E-state index in [0.717, 1.165) is 5.56 Å². The second-order valence-corrected chi connectivity index (χ2v) is 4.32. The van der Waals surface area contributed by atoms with Crippen LogP contribution in [0.15, 0.2) is 42.6 Å². The number of nitrogens with zero attached hydrogens (tertiary/aromatic N) is 1. The lowest BCUT2D eigenvalue weighted by Gasteiger charge is -2.10. The Morgan fingerprint density at radius 3 is 2.79 bits per heavy atom. The summed E-state index contributed by atoms with van der Waals surface area (Å²) in [4.78, 5) is 15.8. The van der Waals surface area contributed by atoms with Crippen molar-refractivity contribution in [3.8, 4) is 0 Å². The van der Waals surface area contributed by atoms with Crippen molar-refractivity contribution in [2.45, 2.75) is 6.54 Å². The number of carbonyl (C=O) groups is 1. The van der Waals surface area contributed by atoms with Crippen LogP contribution in [0.3, 0.4) is 0 Å². The molecule has 0 spiro atoms. The van der Waals surface area contributed by atoms with Crippen LogP contribution >= 0.6 is 11.6 Å². The lowest BCUT2D eigenvalue weighted by molar-refractivity contribution is 0.0601. The van der Waals surface area contributed by atoms with Gasteiger partial charge in [0.25, 0.3) is 0 Å². The standard InChI is InChI=1S/C14H13ClN2O2/c1-19-14(18)12-7-11(15)9-17-13(12)16-8-10-5-3-2-4-6-10/h2-7,9H,8H2,1H3,(H,16,17). The van der Waals surface area contributed by atoms with E-state index in [-0.39, 0.29) is 0 Å². The maximum absolute atomic E-state index is 11.6. The molecule has 0 bridgehead atoms. The second kappa shape index (κ2) is 6.20. The molecule has 1 N–H and O–H groups in total. The Morgan fingerprint density at radius 1 is 1.37 bits per heavy atom. The maximum atomic E-state index is 11.6. The summed E-state index contributed by atoms with van der Waals surface area (Å²) in [6, 6.07) is 11.4. The van der Waals surface area contributed by atoms with Crippen LogP contribution in [-0.2, 0) is 11.3 Å². The van der Waals surface area contributed by atoms with Gasteiger partial charge in [-0.15, -0.1) is 0 Å². The van der Waals surface area contributed by atoms with Crippen LogP contribution in [0.5, 0.6) is 0 Å². The largest absolute Gasteiger partial charge is 0.465 e. The van der Waals surface area contributed by atoms with Crippen molar-refractivity contribution < 1.29 is 9.53 Å². The third-order valence-electron chi connectivity index (χ3n) is 2.56. The van der Waals surface area contributed by atoms with Crippen molar-refractivity contribution >= 4 is 23.4 Å². The fourth-order valence-electron chi connectivity index (χ4n) is 1.63. The average molecular weight is 277 g/mol. The average Bonchev–Trinajstić information content (AvgIpc) is 2.46. The molecule has 0 radical (unpaired) electrons. The van der Waals surface area contributed by atoms with E-state index < -0.39 is 5.97 Å². The Labute approximate surface area is 116 Å². The number of pyridine rings is 1. The number of methoxy groups -OCH3 is 1. The summed E-state index contributed by atoms with van der Waals surface area (Å²) in [5.41, 5.74) is 1.42. The number of hydrogen-bond acceptors (Lipinski definition) is 4. The third-order valence-corrected chi connectivity index (χ3v) is 2.77. The van der Waals surface area contributed by atoms with E-state index in [4.69, 9.17) is 16.3 Å². The van der Waals surface area contributed by atoms with E-state index >= 15 is 0 Å². The van der Waals surface area contributed by atoms with Crippen LogP contribution in [-0.4, -0.2) is 18.1 Å². The minimum Gasteiger partial charge on any atom is -0.465 e. The van der Waals surface area contributed by atoms with Crippen LogP contribution in [0.2, 0.25) is 5.02 Å². The normalized spacial score (nSPS) is 10.0. The van der Waals surface area contributed by atoms with Gasteiger partial charge in [0.15, 0.2) is 0 Å². The number of anilines is 1. The van der Waals surface area contributed by atoms with E-state index in [9.17, 15) is 4.79 Å². The molecule has 0 saturated carbocycles. The van der Waals surface area contributed by atoms with Gasteiger partial charge in [-0.3, -0.25) is 0 Å². The summed E-state index contributed by atoms with van der Waals surface area (Å²) in [7, 11) is 1.32. The Bertz CT molecular complexity index is 573. The van der Waals surface area contributed by atoms with Gasteiger partial charge >= 0.3 is 5.97 Å². The smallest absolute Gasteiger partial charge is 0.341 e. The first-order valence-electron chi connectivity index (χ1n) is 5.72. The van der Waals surface area contributed by atoms with Gasteiger partial charge in [0.1, 0.15) is 11.4 Å². The molecule has 4 nitrogen and oxygen atoms in total. The molecule has 19 heavy (non-hydrogen) atoms. The lowest BCUT2D eigenvalue weighted by Crippen LogP contribution is -2.10. The van der Waals surface area contributed by atoms with Crippen LogP contribution in [0, 0.1) is 0 Å². The number of hydrogen-bond donors (Lipinski definition) is 1. The van der Waals surface area contributed by atoms with Gasteiger partial charge in [0, 0.05) is 12.7 Å². The van der Waals surface area contributed by atoms with Crippen molar-refractivity contribution in [3.63, 3.8) is 0 Å². The first kappa shape index (κ1) is 13.4. The van der Waals surface area contributed by atoms with Crippen LogP contribution in [0.1, 0.15) is 15.9 Å². The third kappa shape index (κ3) is 3.45. The molecule has 5 heteroatoms. The molecule has 0 saturated heterocycles.